The monoisotopic (exact) mass is 532 g/mol. The fraction of sp³-hybridized carbons (Fsp3) is 0.310. The molecule has 5 rings (SSSR count). The lowest BCUT2D eigenvalue weighted by molar-refractivity contribution is -0.129. The van der Waals surface area contributed by atoms with Crippen molar-refractivity contribution in [1.82, 2.24) is 19.4 Å². The maximum atomic E-state index is 14.5. The van der Waals surface area contributed by atoms with E-state index >= 15 is 0 Å². The number of carbonyl (C=O) groups is 3. The van der Waals surface area contributed by atoms with Gasteiger partial charge in [-0.15, -0.1) is 0 Å². The molecule has 202 valence electrons. The first-order valence-corrected chi connectivity index (χ1v) is 12.7. The van der Waals surface area contributed by atoms with Crippen LogP contribution in [0.1, 0.15) is 40.6 Å². The third-order valence-corrected chi connectivity index (χ3v) is 7.41. The number of aryl methyl sites for hydroxylation is 1. The molecule has 1 N–H and O–H groups in total. The van der Waals surface area contributed by atoms with Gasteiger partial charge in [0.25, 0.3) is 11.5 Å². The minimum absolute atomic E-state index is 0.00346. The summed E-state index contributed by atoms with van der Waals surface area (Å²) >= 11 is 0. The Bertz CT molecular complexity index is 1670. The zero-order valence-electron chi connectivity index (χ0n) is 22.0. The van der Waals surface area contributed by atoms with Crippen LogP contribution in [0.15, 0.2) is 53.3 Å². The summed E-state index contributed by atoms with van der Waals surface area (Å²) in [5.41, 5.74) is 0.748. The van der Waals surface area contributed by atoms with E-state index in [9.17, 15) is 23.6 Å². The number of aromatic nitrogens is 2. The quantitative estimate of drug-likeness (QED) is 0.384. The number of ketones is 1. The van der Waals surface area contributed by atoms with Crippen molar-refractivity contribution in [2.24, 2.45) is 7.05 Å². The van der Waals surface area contributed by atoms with Crippen LogP contribution >= 0.6 is 0 Å². The number of pyridine rings is 1. The number of hydrogen-bond acceptors (Lipinski definition) is 5. The van der Waals surface area contributed by atoms with Crippen LogP contribution in [0.25, 0.3) is 21.8 Å². The van der Waals surface area contributed by atoms with Crippen LogP contribution in [0, 0.1) is 5.82 Å². The number of methoxy groups -OCH3 is 1. The van der Waals surface area contributed by atoms with Gasteiger partial charge in [-0.05, 0) is 31.0 Å². The Morgan fingerprint density at radius 1 is 1.08 bits per heavy atom. The average molecular weight is 533 g/mol. The van der Waals surface area contributed by atoms with Gasteiger partial charge in [0.1, 0.15) is 11.2 Å². The Hall–Kier alpha value is -4.47. The third kappa shape index (κ3) is 4.67. The van der Waals surface area contributed by atoms with E-state index in [1.54, 1.807) is 46.8 Å². The van der Waals surface area contributed by atoms with Gasteiger partial charge in [-0.25, -0.2) is 4.39 Å². The third-order valence-electron chi connectivity index (χ3n) is 7.41. The summed E-state index contributed by atoms with van der Waals surface area (Å²) < 4.78 is 23.0. The van der Waals surface area contributed by atoms with Crippen LogP contribution < -0.4 is 15.6 Å². The molecule has 0 saturated carbocycles. The standard InChI is InChI=1S/C29H29FN4O5/c1-17(35)33-13-11-20(12-14-33)31-28(37)26-27(39-3)24-25(32(26)2)21-15-19(30)9-10-22(21)34(29(24)38)16-23(36)18-7-5-4-6-8-18/h4-10,15,20H,11-14,16H2,1-3H3,(H,31,37). The molecular weight excluding hydrogens is 503 g/mol. The average Bonchev–Trinajstić information content (AvgIpc) is 3.24. The summed E-state index contributed by atoms with van der Waals surface area (Å²) in [6.07, 6.45) is 1.19. The Morgan fingerprint density at radius 2 is 1.77 bits per heavy atom. The van der Waals surface area contributed by atoms with Crippen LogP contribution in [-0.4, -0.2) is 57.9 Å². The number of halogens is 1. The van der Waals surface area contributed by atoms with E-state index < -0.39 is 17.3 Å². The topological polar surface area (TPSA) is 103 Å². The molecule has 1 aliphatic heterocycles. The molecule has 2 aromatic carbocycles. The number of piperidine rings is 1. The predicted molar refractivity (Wildman–Crippen MR) is 145 cm³/mol. The maximum absolute atomic E-state index is 14.5. The van der Waals surface area contributed by atoms with Crippen molar-refractivity contribution in [1.29, 1.82) is 0 Å². The van der Waals surface area contributed by atoms with Crippen molar-refractivity contribution in [3.05, 3.63) is 76.0 Å². The molecule has 0 bridgehead atoms. The zero-order valence-corrected chi connectivity index (χ0v) is 22.0. The molecule has 9 nitrogen and oxygen atoms in total. The summed E-state index contributed by atoms with van der Waals surface area (Å²) in [6, 6.07) is 12.4. The van der Waals surface area contributed by atoms with Gasteiger partial charge in [-0.3, -0.25) is 23.7 Å². The number of nitrogens with zero attached hydrogens (tertiary/aromatic N) is 3. The maximum Gasteiger partial charge on any atom is 0.272 e. The highest BCUT2D eigenvalue weighted by Gasteiger charge is 2.30. The van der Waals surface area contributed by atoms with Crippen LogP contribution in [0.2, 0.25) is 0 Å². The van der Waals surface area contributed by atoms with Crippen molar-refractivity contribution >= 4 is 39.4 Å². The zero-order chi connectivity index (χ0) is 27.8. The second-order valence-corrected chi connectivity index (χ2v) is 9.76. The normalized spacial score (nSPS) is 14.1. The van der Waals surface area contributed by atoms with Crippen molar-refractivity contribution in [2.75, 3.05) is 20.2 Å². The highest BCUT2D eigenvalue weighted by atomic mass is 19.1. The number of hydrogen-bond donors (Lipinski definition) is 1. The molecule has 10 heteroatoms. The molecule has 0 radical (unpaired) electrons. The molecule has 1 aliphatic rings. The summed E-state index contributed by atoms with van der Waals surface area (Å²) in [5.74, 6) is -1.19. The number of amides is 2. The molecule has 3 heterocycles. The van der Waals surface area contributed by atoms with E-state index in [-0.39, 0.29) is 41.1 Å². The second-order valence-electron chi connectivity index (χ2n) is 9.76. The molecule has 0 spiro atoms. The number of fused-ring (bicyclic) bond motifs is 3. The minimum atomic E-state index is -0.521. The van der Waals surface area contributed by atoms with E-state index in [4.69, 9.17) is 4.74 Å². The first-order valence-electron chi connectivity index (χ1n) is 12.7. The lowest BCUT2D eigenvalue weighted by Gasteiger charge is -2.31. The SMILES string of the molecule is COc1c(C(=O)NC2CCN(C(C)=O)CC2)n(C)c2c1c(=O)n(CC(=O)c1ccccc1)c1ccc(F)cc21. The number of ether oxygens (including phenoxy) is 1. The number of rotatable bonds is 6. The highest BCUT2D eigenvalue weighted by molar-refractivity contribution is 6.12. The van der Waals surface area contributed by atoms with Gasteiger partial charge in [0.05, 0.1) is 24.7 Å². The fourth-order valence-corrected chi connectivity index (χ4v) is 5.41. The molecule has 2 aromatic heterocycles. The highest BCUT2D eigenvalue weighted by Crippen LogP contribution is 2.35. The van der Waals surface area contributed by atoms with Gasteiger partial charge in [-0.1, -0.05) is 30.3 Å². The van der Waals surface area contributed by atoms with E-state index in [1.807, 2.05) is 0 Å². The van der Waals surface area contributed by atoms with Crippen molar-refractivity contribution < 1.29 is 23.5 Å². The molecule has 1 fully saturated rings. The Kier molecular flexibility index (Phi) is 6.94. The van der Waals surface area contributed by atoms with Crippen LogP contribution in [0.3, 0.4) is 0 Å². The first kappa shape index (κ1) is 26.1. The smallest absolute Gasteiger partial charge is 0.272 e. The van der Waals surface area contributed by atoms with E-state index in [1.165, 1.54) is 36.8 Å². The number of Topliss-reactive ketones (excluding diaryl/α,β-unsaturated/α-hetero) is 1. The van der Waals surface area contributed by atoms with Gasteiger partial charge < -0.3 is 19.5 Å². The Morgan fingerprint density at radius 3 is 2.41 bits per heavy atom. The van der Waals surface area contributed by atoms with E-state index in [0.717, 1.165) is 0 Å². The molecular formula is C29H29FN4O5. The molecule has 0 atom stereocenters. The van der Waals surface area contributed by atoms with Crippen LogP contribution in [0.4, 0.5) is 4.39 Å². The second kappa shape index (κ2) is 10.4. The van der Waals surface area contributed by atoms with Crippen molar-refractivity contribution in [3.63, 3.8) is 0 Å². The Balaban J connectivity index is 1.62. The molecule has 4 aromatic rings. The summed E-state index contributed by atoms with van der Waals surface area (Å²) in [7, 11) is 2.99. The molecule has 2 amide bonds. The minimum Gasteiger partial charge on any atom is -0.493 e. The first-order chi connectivity index (χ1) is 18.7. The molecule has 1 saturated heterocycles. The fourth-order valence-electron chi connectivity index (χ4n) is 5.41. The summed E-state index contributed by atoms with van der Waals surface area (Å²) in [4.78, 5) is 53.9. The van der Waals surface area contributed by atoms with Crippen LogP contribution in [-0.2, 0) is 18.4 Å². The summed E-state index contributed by atoms with van der Waals surface area (Å²) in [6.45, 7) is 2.33. The number of nitrogens with one attached hydrogen (secondary N) is 1. The number of benzene rings is 2. The molecule has 0 aliphatic carbocycles. The van der Waals surface area contributed by atoms with Gasteiger partial charge >= 0.3 is 0 Å². The molecule has 0 unspecified atom stereocenters. The van der Waals surface area contributed by atoms with Gasteiger partial charge in [0, 0.05) is 44.1 Å². The van der Waals surface area contributed by atoms with E-state index in [2.05, 4.69) is 5.32 Å². The van der Waals surface area contributed by atoms with Crippen molar-refractivity contribution in [2.45, 2.75) is 32.4 Å². The lowest BCUT2D eigenvalue weighted by Crippen LogP contribution is -2.46. The largest absolute Gasteiger partial charge is 0.493 e. The van der Waals surface area contributed by atoms with Gasteiger partial charge in [0.15, 0.2) is 17.2 Å². The predicted octanol–water partition coefficient (Wildman–Crippen LogP) is 3.26. The molecule has 39 heavy (non-hydrogen) atoms. The number of carbonyl (C=O) groups excluding carboxylic acids is 3. The van der Waals surface area contributed by atoms with Crippen molar-refractivity contribution in [3.8, 4) is 5.75 Å². The van der Waals surface area contributed by atoms with E-state index in [0.29, 0.717) is 47.9 Å². The van der Waals surface area contributed by atoms with Crippen LogP contribution in [0.5, 0.6) is 5.75 Å². The number of likely N-dealkylation sites (tertiary alicyclic amines) is 1. The lowest BCUT2D eigenvalue weighted by atomic mass is 10.0. The summed E-state index contributed by atoms with van der Waals surface area (Å²) in [5, 5.41) is 3.47. The van der Waals surface area contributed by atoms with Gasteiger partial charge in [-0.2, -0.15) is 0 Å². The Labute approximate surface area is 223 Å². The van der Waals surface area contributed by atoms with Gasteiger partial charge in [0.2, 0.25) is 5.91 Å².